The summed E-state index contributed by atoms with van der Waals surface area (Å²) in [5, 5.41) is 14.7. The highest BCUT2D eigenvalue weighted by Gasteiger charge is 2.24. The lowest BCUT2D eigenvalue weighted by Gasteiger charge is -2.33. The standard InChI is InChI=1S/C21H25N3O2/c1-23-10-12-24(13-11-23)14-16(25)15-26-22-21-19-8-4-2-6-17(19)18-7-3-5-9-20(18)21/h2-9,16,25H,10-15H2,1H3/t16-/m1/s1. The Morgan fingerprint density at radius 3 is 2.04 bits per heavy atom. The number of benzene rings is 2. The first-order valence-corrected chi connectivity index (χ1v) is 9.20. The third-order valence-electron chi connectivity index (χ3n) is 5.14. The van der Waals surface area contributed by atoms with Crippen LogP contribution >= 0.6 is 0 Å². The third kappa shape index (κ3) is 3.51. The summed E-state index contributed by atoms with van der Waals surface area (Å²) in [7, 11) is 2.13. The maximum atomic E-state index is 10.3. The second-order valence-corrected chi connectivity index (χ2v) is 7.08. The van der Waals surface area contributed by atoms with Crippen LogP contribution in [-0.2, 0) is 4.84 Å². The number of hydrogen-bond donors (Lipinski definition) is 1. The van der Waals surface area contributed by atoms with Gasteiger partial charge in [0, 0.05) is 43.9 Å². The largest absolute Gasteiger partial charge is 0.392 e. The first kappa shape index (κ1) is 17.2. The third-order valence-corrected chi connectivity index (χ3v) is 5.14. The van der Waals surface area contributed by atoms with Gasteiger partial charge < -0.3 is 14.8 Å². The van der Waals surface area contributed by atoms with E-state index in [2.05, 4.69) is 46.3 Å². The summed E-state index contributed by atoms with van der Waals surface area (Å²) >= 11 is 0. The Morgan fingerprint density at radius 1 is 0.923 bits per heavy atom. The quantitative estimate of drug-likeness (QED) is 0.715. The van der Waals surface area contributed by atoms with Crippen molar-refractivity contribution in [1.82, 2.24) is 9.80 Å². The molecule has 0 bridgehead atoms. The zero-order valence-electron chi connectivity index (χ0n) is 15.1. The number of rotatable bonds is 5. The van der Waals surface area contributed by atoms with Crippen LogP contribution in [0.5, 0.6) is 0 Å². The van der Waals surface area contributed by atoms with Gasteiger partial charge >= 0.3 is 0 Å². The average molecular weight is 351 g/mol. The first-order valence-electron chi connectivity index (χ1n) is 9.20. The van der Waals surface area contributed by atoms with Gasteiger partial charge in [0.05, 0.1) is 0 Å². The number of oxime groups is 1. The Labute approximate surface area is 154 Å². The molecule has 26 heavy (non-hydrogen) atoms. The number of piperazine rings is 1. The van der Waals surface area contributed by atoms with Crippen LogP contribution in [0, 0.1) is 0 Å². The molecule has 1 aliphatic carbocycles. The Hall–Kier alpha value is -2.21. The molecule has 5 nitrogen and oxygen atoms in total. The number of hydrogen-bond acceptors (Lipinski definition) is 5. The molecule has 0 radical (unpaired) electrons. The van der Waals surface area contributed by atoms with Gasteiger partial charge in [-0.15, -0.1) is 0 Å². The highest BCUT2D eigenvalue weighted by Crippen LogP contribution is 2.36. The van der Waals surface area contributed by atoms with Gasteiger partial charge in [0.2, 0.25) is 0 Å². The molecule has 0 saturated carbocycles. The second-order valence-electron chi connectivity index (χ2n) is 7.08. The fourth-order valence-corrected chi connectivity index (χ4v) is 3.66. The molecular weight excluding hydrogens is 326 g/mol. The van der Waals surface area contributed by atoms with Crippen LogP contribution in [-0.4, -0.2) is 73.1 Å². The van der Waals surface area contributed by atoms with Gasteiger partial charge in [0.1, 0.15) is 18.4 Å². The van der Waals surface area contributed by atoms with E-state index >= 15 is 0 Å². The molecule has 0 unspecified atom stereocenters. The average Bonchev–Trinajstić information content (AvgIpc) is 2.98. The predicted molar refractivity (Wildman–Crippen MR) is 103 cm³/mol. The molecule has 0 aromatic heterocycles. The minimum absolute atomic E-state index is 0.209. The number of aliphatic hydroxyl groups is 1. The SMILES string of the molecule is CN1CCN(C[C@@H](O)CON=C2c3ccccc3-c3ccccc32)CC1. The molecule has 2 aromatic carbocycles. The van der Waals surface area contributed by atoms with Crippen molar-refractivity contribution >= 4 is 5.71 Å². The number of aliphatic hydroxyl groups excluding tert-OH is 1. The van der Waals surface area contributed by atoms with Crippen molar-refractivity contribution in [2.45, 2.75) is 6.10 Å². The van der Waals surface area contributed by atoms with Crippen LogP contribution in [0.25, 0.3) is 11.1 Å². The normalized spacial score (nSPS) is 18.3. The minimum Gasteiger partial charge on any atom is -0.392 e. The van der Waals surface area contributed by atoms with Gasteiger partial charge in [0.15, 0.2) is 0 Å². The lowest BCUT2D eigenvalue weighted by Crippen LogP contribution is -2.47. The molecule has 1 saturated heterocycles. The van der Waals surface area contributed by atoms with Crippen LogP contribution in [0.15, 0.2) is 53.7 Å². The highest BCUT2D eigenvalue weighted by molar-refractivity contribution is 6.24. The Bertz CT molecular complexity index is 750. The Morgan fingerprint density at radius 2 is 1.46 bits per heavy atom. The second kappa shape index (κ2) is 7.58. The zero-order chi connectivity index (χ0) is 17.9. The molecule has 2 aromatic rings. The van der Waals surface area contributed by atoms with Gasteiger partial charge in [0.25, 0.3) is 0 Å². The van der Waals surface area contributed by atoms with Crippen LogP contribution in [0.2, 0.25) is 0 Å². The van der Waals surface area contributed by atoms with Gasteiger partial charge in [-0.25, -0.2) is 0 Å². The fraction of sp³-hybridized carbons (Fsp3) is 0.381. The van der Waals surface area contributed by atoms with E-state index < -0.39 is 6.10 Å². The predicted octanol–water partition coefficient (Wildman–Crippen LogP) is 2.04. The molecule has 1 aliphatic heterocycles. The Balaban J connectivity index is 1.41. The molecular formula is C21H25N3O2. The number of nitrogens with zero attached hydrogens (tertiary/aromatic N) is 3. The van der Waals surface area contributed by atoms with Crippen molar-refractivity contribution < 1.29 is 9.94 Å². The van der Waals surface area contributed by atoms with Crippen molar-refractivity contribution in [1.29, 1.82) is 0 Å². The van der Waals surface area contributed by atoms with Gasteiger partial charge in [-0.1, -0.05) is 53.7 Å². The number of likely N-dealkylation sites (N-methyl/N-ethyl adjacent to an activating group) is 1. The van der Waals surface area contributed by atoms with Crippen LogP contribution < -0.4 is 0 Å². The fourth-order valence-electron chi connectivity index (χ4n) is 3.66. The van der Waals surface area contributed by atoms with E-state index in [1.54, 1.807) is 0 Å². The number of fused-ring (bicyclic) bond motifs is 3. The van der Waals surface area contributed by atoms with Crippen molar-refractivity contribution in [3.8, 4) is 11.1 Å². The van der Waals surface area contributed by atoms with Crippen molar-refractivity contribution in [3.05, 3.63) is 59.7 Å². The van der Waals surface area contributed by atoms with Gasteiger partial charge in [-0.3, -0.25) is 4.90 Å². The van der Waals surface area contributed by atoms with Crippen molar-refractivity contribution in [2.24, 2.45) is 5.16 Å². The summed E-state index contributed by atoms with van der Waals surface area (Å²) < 4.78 is 0. The molecule has 1 N–H and O–H groups in total. The van der Waals surface area contributed by atoms with Crippen molar-refractivity contribution in [2.75, 3.05) is 46.4 Å². The molecule has 1 fully saturated rings. The smallest absolute Gasteiger partial charge is 0.144 e. The molecule has 5 heteroatoms. The molecule has 1 heterocycles. The van der Waals surface area contributed by atoms with E-state index in [9.17, 15) is 5.11 Å². The van der Waals surface area contributed by atoms with Gasteiger partial charge in [-0.2, -0.15) is 0 Å². The highest BCUT2D eigenvalue weighted by atomic mass is 16.6. The summed E-state index contributed by atoms with van der Waals surface area (Å²) in [4.78, 5) is 10.1. The summed E-state index contributed by atoms with van der Waals surface area (Å²) in [5.74, 6) is 0. The van der Waals surface area contributed by atoms with Crippen molar-refractivity contribution in [3.63, 3.8) is 0 Å². The van der Waals surface area contributed by atoms with Gasteiger partial charge in [-0.05, 0) is 18.2 Å². The zero-order valence-corrected chi connectivity index (χ0v) is 15.1. The lowest BCUT2D eigenvalue weighted by molar-refractivity contribution is 0.0110. The maximum Gasteiger partial charge on any atom is 0.144 e. The monoisotopic (exact) mass is 351 g/mol. The first-order chi connectivity index (χ1) is 12.7. The maximum absolute atomic E-state index is 10.3. The van der Waals surface area contributed by atoms with Crippen LogP contribution in [0.1, 0.15) is 11.1 Å². The molecule has 136 valence electrons. The molecule has 1 atom stereocenters. The van der Waals surface area contributed by atoms with E-state index in [0.29, 0.717) is 6.54 Å². The van der Waals surface area contributed by atoms with Crippen LogP contribution in [0.4, 0.5) is 0 Å². The van der Waals surface area contributed by atoms with E-state index in [0.717, 1.165) is 43.0 Å². The molecule has 2 aliphatic rings. The molecule has 0 spiro atoms. The Kier molecular flexibility index (Phi) is 5.02. The summed E-state index contributed by atoms with van der Waals surface area (Å²) in [6, 6.07) is 16.5. The summed E-state index contributed by atoms with van der Waals surface area (Å²) in [5.41, 5.74) is 5.39. The number of β-amino-alcohol motifs (C(OH)–C–C–N with tert-alkyl or cyclic N) is 1. The van der Waals surface area contributed by atoms with E-state index in [1.807, 2.05) is 24.3 Å². The molecule has 4 rings (SSSR count). The van der Waals surface area contributed by atoms with E-state index in [4.69, 9.17) is 4.84 Å². The molecule has 0 amide bonds. The van der Waals surface area contributed by atoms with E-state index in [-0.39, 0.29) is 6.61 Å². The lowest BCUT2D eigenvalue weighted by atomic mass is 10.1. The summed E-state index contributed by atoms with van der Waals surface area (Å²) in [6.45, 7) is 4.91. The topological polar surface area (TPSA) is 48.3 Å². The minimum atomic E-state index is -0.533. The van der Waals surface area contributed by atoms with E-state index in [1.165, 1.54) is 11.1 Å². The van der Waals surface area contributed by atoms with Crippen LogP contribution in [0.3, 0.4) is 0 Å². The summed E-state index contributed by atoms with van der Waals surface area (Å²) in [6.07, 6.45) is -0.533.